The van der Waals surface area contributed by atoms with E-state index in [-0.39, 0.29) is 6.04 Å². The van der Waals surface area contributed by atoms with Crippen LogP contribution in [0.5, 0.6) is 5.75 Å². The Morgan fingerprint density at radius 1 is 1.25 bits per heavy atom. The van der Waals surface area contributed by atoms with E-state index in [9.17, 15) is 0 Å². The number of nitrogens with zero attached hydrogens (tertiary/aromatic N) is 2. The van der Waals surface area contributed by atoms with E-state index in [0.29, 0.717) is 13.2 Å². The number of rotatable bonds is 10. The Hall–Kier alpha value is -1.79. The van der Waals surface area contributed by atoms with E-state index >= 15 is 0 Å². The summed E-state index contributed by atoms with van der Waals surface area (Å²) in [4.78, 5) is 6.89. The molecule has 0 radical (unpaired) electrons. The summed E-state index contributed by atoms with van der Waals surface area (Å²) in [6.07, 6.45) is 0. The Morgan fingerprint density at radius 3 is 2.67 bits per heavy atom. The molecule has 0 bridgehead atoms. The summed E-state index contributed by atoms with van der Waals surface area (Å²) < 4.78 is 10.7. The fourth-order valence-corrected chi connectivity index (χ4v) is 2.32. The molecule has 0 saturated carbocycles. The van der Waals surface area contributed by atoms with Crippen molar-refractivity contribution in [3.05, 3.63) is 29.8 Å². The first-order valence-electron chi connectivity index (χ1n) is 8.52. The SMILES string of the molecule is CCNC(=NCC(c1cccc(OC)c1)N(C)C)NCCOCC. The summed E-state index contributed by atoms with van der Waals surface area (Å²) >= 11 is 0. The van der Waals surface area contributed by atoms with Gasteiger partial charge in [0.05, 0.1) is 26.3 Å². The molecule has 0 aliphatic heterocycles. The lowest BCUT2D eigenvalue weighted by Crippen LogP contribution is -2.39. The van der Waals surface area contributed by atoms with Crippen LogP contribution < -0.4 is 15.4 Å². The smallest absolute Gasteiger partial charge is 0.191 e. The van der Waals surface area contributed by atoms with E-state index in [1.807, 2.05) is 19.1 Å². The van der Waals surface area contributed by atoms with Gasteiger partial charge in [-0.05, 0) is 45.6 Å². The molecule has 2 N–H and O–H groups in total. The monoisotopic (exact) mass is 336 g/mol. The van der Waals surface area contributed by atoms with E-state index in [1.165, 1.54) is 5.56 Å². The molecule has 1 atom stereocenters. The zero-order chi connectivity index (χ0) is 17.8. The third-order valence-corrected chi connectivity index (χ3v) is 3.61. The number of methoxy groups -OCH3 is 1. The quantitative estimate of drug-likeness (QED) is 0.388. The molecule has 1 aromatic carbocycles. The standard InChI is InChI=1S/C18H32N4O2/c1-6-19-18(20-11-12-24-7-2)21-14-17(22(3)4)15-9-8-10-16(13-15)23-5/h8-10,13,17H,6-7,11-12,14H2,1-5H3,(H2,19,20,21). The van der Waals surface area contributed by atoms with Crippen molar-refractivity contribution in [2.45, 2.75) is 19.9 Å². The van der Waals surface area contributed by atoms with Crippen molar-refractivity contribution >= 4 is 5.96 Å². The van der Waals surface area contributed by atoms with Gasteiger partial charge in [0, 0.05) is 19.7 Å². The number of benzene rings is 1. The van der Waals surface area contributed by atoms with Gasteiger partial charge in [0.25, 0.3) is 0 Å². The molecule has 24 heavy (non-hydrogen) atoms. The minimum atomic E-state index is 0.183. The van der Waals surface area contributed by atoms with Crippen LogP contribution in [0.3, 0.4) is 0 Å². The number of aliphatic imine (C=N–C) groups is 1. The summed E-state index contributed by atoms with van der Waals surface area (Å²) in [5.41, 5.74) is 1.19. The van der Waals surface area contributed by atoms with Crippen LogP contribution in [0.15, 0.2) is 29.3 Å². The zero-order valence-corrected chi connectivity index (χ0v) is 15.6. The number of guanidine groups is 1. The van der Waals surface area contributed by atoms with Crippen LogP contribution in [0.25, 0.3) is 0 Å². The normalized spacial score (nSPS) is 13.0. The van der Waals surface area contributed by atoms with Gasteiger partial charge in [-0.25, -0.2) is 0 Å². The second-order valence-corrected chi connectivity index (χ2v) is 5.60. The minimum absolute atomic E-state index is 0.183. The Balaban J connectivity index is 2.76. The number of nitrogens with one attached hydrogen (secondary N) is 2. The number of hydrogen-bond donors (Lipinski definition) is 2. The largest absolute Gasteiger partial charge is 0.497 e. The molecule has 6 nitrogen and oxygen atoms in total. The van der Waals surface area contributed by atoms with Crippen molar-refractivity contribution in [2.24, 2.45) is 4.99 Å². The lowest BCUT2D eigenvalue weighted by atomic mass is 10.1. The zero-order valence-electron chi connectivity index (χ0n) is 15.6. The molecule has 0 fully saturated rings. The van der Waals surface area contributed by atoms with Gasteiger partial charge in [-0.2, -0.15) is 0 Å². The molecule has 0 aliphatic carbocycles. The molecule has 1 aromatic rings. The maximum atomic E-state index is 5.35. The van der Waals surface area contributed by atoms with Crippen LogP contribution >= 0.6 is 0 Å². The van der Waals surface area contributed by atoms with Crippen LogP contribution in [-0.2, 0) is 4.74 Å². The van der Waals surface area contributed by atoms with Gasteiger partial charge in [-0.3, -0.25) is 4.99 Å². The first kappa shape index (κ1) is 20.3. The third-order valence-electron chi connectivity index (χ3n) is 3.61. The van der Waals surface area contributed by atoms with Crippen LogP contribution in [0.2, 0.25) is 0 Å². The van der Waals surface area contributed by atoms with E-state index < -0.39 is 0 Å². The van der Waals surface area contributed by atoms with Gasteiger partial charge in [0.1, 0.15) is 5.75 Å². The van der Waals surface area contributed by atoms with Crippen molar-refractivity contribution in [2.75, 3.05) is 54.1 Å². The second kappa shape index (κ2) is 11.7. The fraction of sp³-hybridized carbons (Fsp3) is 0.611. The molecule has 0 saturated heterocycles. The first-order valence-corrected chi connectivity index (χ1v) is 8.52. The molecule has 0 aliphatic rings. The van der Waals surface area contributed by atoms with Gasteiger partial charge in [-0.1, -0.05) is 12.1 Å². The lowest BCUT2D eigenvalue weighted by Gasteiger charge is -2.24. The van der Waals surface area contributed by atoms with Gasteiger partial charge in [0.15, 0.2) is 5.96 Å². The van der Waals surface area contributed by atoms with E-state index in [4.69, 9.17) is 14.5 Å². The topological polar surface area (TPSA) is 58.1 Å². The Kier molecular flexibility index (Phi) is 9.88. The first-order chi connectivity index (χ1) is 11.6. The molecule has 0 aromatic heterocycles. The Morgan fingerprint density at radius 2 is 2.04 bits per heavy atom. The van der Waals surface area contributed by atoms with Crippen molar-refractivity contribution in [1.29, 1.82) is 0 Å². The Bertz CT molecular complexity index is 492. The molecule has 136 valence electrons. The lowest BCUT2D eigenvalue weighted by molar-refractivity contribution is 0.152. The molecule has 0 spiro atoms. The van der Waals surface area contributed by atoms with Crippen LogP contribution in [0.1, 0.15) is 25.5 Å². The van der Waals surface area contributed by atoms with Crippen molar-refractivity contribution < 1.29 is 9.47 Å². The van der Waals surface area contributed by atoms with Crippen molar-refractivity contribution in [1.82, 2.24) is 15.5 Å². The van der Waals surface area contributed by atoms with Crippen LogP contribution in [0, 0.1) is 0 Å². The van der Waals surface area contributed by atoms with E-state index in [1.54, 1.807) is 7.11 Å². The van der Waals surface area contributed by atoms with Crippen LogP contribution in [-0.4, -0.2) is 64.9 Å². The van der Waals surface area contributed by atoms with Crippen molar-refractivity contribution in [3.63, 3.8) is 0 Å². The number of hydrogen-bond acceptors (Lipinski definition) is 4. The molecule has 0 amide bonds. The number of ether oxygens (including phenoxy) is 2. The molecule has 1 unspecified atom stereocenters. The average Bonchev–Trinajstić information content (AvgIpc) is 2.58. The van der Waals surface area contributed by atoms with Crippen molar-refractivity contribution in [3.8, 4) is 5.75 Å². The predicted molar refractivity (Wildman–Crippen MR) is 99.9 cm³/mol. The Labute approximate surface area is 146 Å². The summed E-state index contributed by atoms with van der Waals surface area (Å²) in [5, 5.41) is 6.56. The highest BCUT2D eigenvalue weighted by Crippen LogP contribution is 2.22. The number of likely N-dealkylation sites (N-methyl/N-ethyl adjacent to an activating group) is 1. The molecule has 0 heterocycles. The van der Waals surface area contributed by atoms with E-state index in [0.717, 1.165) is 31.4 Å². The molecular weight excluding hydrogens is 304 g/mol. The summed E-state index contributed by atoms with van der Waals surface area (Å²) in [7, 11) is 5.82. The maximum Gasteiger partial charge on any atom is 0.191 e. The fourth-order valence-electron chi connectivity index (χ4n) is 2.32. The maximum absolute atomic E-state index is 5.35. The predicted octanol–water partition coefficient (Wildman–Crippen LogP) is 1.89. The van der Waals surface area contributed by atoms with Gasteiger partial charge in [-0.15, -0.1) is 0 Å². The average molecular weight is 336 g/mol. The highest BCUT2D eigenvalue weighted by atomic mass is 16.5. The highest BCUT2D eigenvalue weighted by molar-refractivity contribution is 5.79. The molecule has 1 rings (SSSR count). The summed E-state index contributed by atoms with van der Waals surface area (Å²) in [5.74, 6) is 1.68. The van der Waals surface area contributed by atoms with Crippen LogP contribution in [0.4, 0.5) is 0 Å². The summed E-state index contributed by atoms with van der Waals surface area (Å²) in [6.45, 7) is 7.68. The summed E-state index contributed by atoms with van der Waals surface area (Å²) in [6, 6.07) is 8.33. The van der Waals surface area contributed by atoms with E-state index in [2.05, 4.69) is 48.7 Å². The van der Waals surface area contributed by atoms with Gasteiger partial charge in [0.2, 0.25) is 0 Å². The highest BCUT2D eigenvalue weighted by Gasteiger charge is 2.14. The minimum Gasteiger partial charge on any atom is -0.497 e. The second-order valence-electron chi connectivity index (χ2n) is 5.60. The van der Waals surface area contributed by atoms with Gasteiger partial charge < -0.3 is 25.0 Å². The molecule has 6 heteroatoms. The third kappa shape index (κ3) is 7.19. The molecular formula is C18H32N4O2. The van der Waals surface area contributed by atoms with Gasteiger partial charge >= 0.3 is 0 Å².